The Morgan fingerprint density at radius 3 is 2.31 bits per heavy atom. The van der Waals surface area contributed by atoms with E-state index in [2.05, 4.69) is 10.6 Å². The van der Waals surface area contributed by atoms with Gasteiger partial charge in [-0.3, -0.25) is 14.4 Å². The van der Waals surface area contributed by atoms with Crippen molar-refractivity contribution in [3.63, 3.8) is 0 Å². The van der Waals surface area contributed by atoms with Crippen LogP contribution in [0.3, 0.4) is 0 Å². The Labute approximate surface area is 157 Å². The van der Waals surface area contributed by atoms with Crippen molar-refractivity contribution in [1.29, 1.82) is 0 Å². The number of thioether (sulfide) groups is 1. The molecule has 0 atom stereocenters. The van der Waals surface area contributed by atoms with E-state index in [0.717, 1.165) is 4.90 Å². The van der Waals surface area contributed by atoms with Crippen molar-refractivity contribution in [3.8, 4) is 0 Å². The minimum absolute atomic E-state index is 0.0587. The van der Waals surface area contributed by atoms with Gasteiger partial charge in [-0.2, -0.15) is 0 Å². The molecule has 0 heterocycles. The number of carbonyl (C=O) groups is 3. The molecule has 0 aliphatic carbocycles. The van der Waals surface area contributed by atoms with E-state index < -0.39 is 0 Å². The highest BCUT2D eigenvalue weighted by Crippen LogP contribution is 2.20. The van der Waals surface area contributed by atoms with Crippen LogP contribution in [0.25, 0.3) is 0 Å². The van der Waals surface area contributed by atoms with Crippen molar-refractivity contribution in [3.05, 3.63) is 65.7 Å². The molecule has 26 heavy (non-hydrogen) atoms. The van der Waals surface area contributed by atoms with Gasteiger partial charge in [-0.05, 0) is 24.6 Å². The van der Waals surface area contributed by atoms with Gasteiger partial charge < -0.3 is 10.6 Å². The van der Waals surface area contributed by atoms with Crippen molar-refractivity contribution in [2.24, 2.45) is 0 Å². The molecule has 0 radical (unpaired) electrons. The summed E-state index contributed by atoms with van der Waals surface area (Å²) in [4.78, 5) is 36.0. The average molecular weight is 370 g/mol. The van der Waals surface area contributed by atoms with Crippen LogP contribution in [0, 0.1) is 0 Å². The molecule has 0 unspecified atom stereocenters. The van der Waals surface area contributed by atoms with Crippen LogP contribution in [0.15, 0.2) is 59.5 Å². The number of carbonyl (C=O) groups excluding carboxylic acids is 3. The summed E-state index contributed by atoms with van der Waals surface area (Å²) >= 11 is 1.41. The van der Waals surface area contributed by atoms with Gasteiger partial charge in [0.05, 0.1) is 5.75 Å². The SMILES string of the molecule is CC(=O)NCCCNC(=O)c1cccc(SCC(=O)c2ccccc2)c1. The Hall–Kier alpha value is -2.60. The van der Waals surface area contributed by atoms with Crippen LogP contribution >= 0.6 is 11.8 Å². The van der Waals surface area contributed by atoms with Crippen LogP contribution in [-0.4, -0.2) is 36.4 Å². The average Bonchev–Trinajstić information content (AvgIpc) is 2.66. The quantitative estimate of drug-likeness (QED) is 0.404. The standard InChI is InChI=1S/C20H22N2O3S/c1-15(23)21-11-6-12-22-20(25)17-9-5-10-18(13-17)26-14-19(24)16-7-3-2-4-8-16/h2-5,7-10,13H,6,11-12,14H2,1H3,(H,21,23)(H,22,25). The van der Waals surface area contributed by atoms with Crippen LogP contribution in [0.5, 0.6) is 0 Å². The van der Waals surface area contributed by atoms with Gasteiger partial charge in [0, 0.05) is 36.0 Å². The predicted octanol–water partition coefficient (Wildman–Crippen LogP) is 2.92. The number of benzene rings is 2. The van der Waals surface area contributed by atoms with E-state index in [-0.39, 0.29) is 17.6 Å². The molecule has 136 valence electrons. The van der Waals surface area contributed by atoms with Crippen molar-refractivity contribution in [2.75, 3.05) is 18.8 Å². The fourth-order valence-electron chi connectivity index (χ4n) is 2.24. The second kappa shape index (κ2) is 10.4. The topological polar surface area (TPSA) is 75.3 Å². The predicted molar refractivity (Wildman–Crippen MR) is 104 cm³/mol. The van der Waals surface area contributed by atoms with E-state index in [9.17, 15) is 14.4 Å². The molecule has 0 spiro atoms. The van der Waals surface area contributed by atoms with Gasteiger partial charge in [-0.15, -0.1) is 11.8 Å². The van der Waals surface area contributed by atoms with Crippen molar-refractivity contribution in [2.45, 2.75) is 18.2 Å². The van der Waals surface area contributed by atoms with E-state index in [0.29, 0.717) is 36.4 Å². The molecular formula is C20H22N2O3S. The molecule has 0 aliphatic heterocycles. The summed E-state index contributed by atoms with van der Waals surface area (Å²) in [6.45, 7) is 2.49. The van der Waals surface area contributed by atoms with E-state index in [1.807, 2.05) is 30.3 Å². The van der Waals surface area contributed by atoms with Crippen LogP contribution in [0.4, 0.5) is 0 Å². The Morgan fingerprint density at radius 2 is 1.58 bits per heavy atom. The first-order chi connectivity index (χ1) is 12.6. The molecule has 0 saturated carbocycles. The molecule has 0 saturated heterocycles. The van der Waals surface area contributed by atoms with Gasteiger partial charge in [0.1, 0.15) is 0 Å². The van der Waals surface area contributed by atoms with Crippen LogP contribution < -0.4 is 10.6 Å². The summed E-state index contributed by atoms with van der Waals surface area (Å²) < 4.78 is 0. The van der Waals surface area contributed by atoms with Crippen LogP contribution in [0.1, 0.15) is 34.1 Å². The van der Waals surface area contributed by atoms with Crippen molar-refractivity contribution in [1.82, 2.24) is 10.6 Å². The minimum Gasteiger partial charge on any atom is -0.356 e. The molecule has 2 rings (SSSR count). The van der Waals surface area contributed by atoms with Gasteiger partial charge >= 0.3 is 0 Å². The van der Waals surface area contributed by atoms with Gasteiger partial charge in [0.15, 0.2) is 5.78 Å². The maximum Gasteiger partial charge on any atom is 0.251 e. The monoisotopic (exact) mass is 370 g/mol. The Bertz CT molecular complexity index is 763. The first kappa shape index (κ1) is 19.7. The number of hydrogen-bond acceptors (Lipinski definition) is 4. The second-order valence-electron chi connectivity index (χ2n) is 5.70. The summed E-state index contributed by atoms with van der Waals surface area (Å²) in [7, 11) is 0. The van der Waals surface area contributed by atoms with E-state index in [1.165, 1.54) is 18.7 Å². The Balaban J connectivity index is 1.82. The number of amides is 2. The summed E-state index contributed by atoms with van der Waals surface area (Å²) in [6, 6.07) is 16.4. The Morgan fingerprint density at radius 1 is 0.885 bits per heavy atom. The summed E-state index contributed by atoms with van der Waals surface area (Å²) in [6.07, 6.45) is 0.672. The number of rotatable bonds is 9. The maximum absolute atomic E-state index is 12.2. The lowest BCUT2D eigenvalue weighted by atomic mass is 10.2. The van der Waals surface area contributed by atoms with Gasteiger partial charge in [-0.1, -0.05) is 36.4 Å². The normalized spacial score (nSPS) is 10.2. The van der Waals surface area contributed by atoms with E-state index in [4.69, 9.17) is 0 Å². The first-order valence-electron chi connectivity index (χ1n) is 8.40. The number of nitrogens with one attached hydrogen (secondary N) is 2. The van der Waals surface area contributed by atoms with Crippen LogP contribution in [0.2, 0.25) is 0 Å². The molecule has 2 aromatic carbocycles. The van der Waals surface area contributed by atoms with Crippen molar-refractivity contribution < 1.29 is 14.4 Å². The molecule has 5 nitrogen and oxygen atoms in total. The molecule has 2 amide bonds. The lowest BCUT2D eigenvalue weighted by Gasteiger charge is -2.07. The minimum atomic E-state index is -0.162. The fraction of sp³-hybridized carbons (Fsp3) is 0.250. The number of ketones is 1. The summed E-state index contributed by atoms with van der Waals surface area (Å²) in [5.74, 6) is 0.144. The Kier molecular flexibility index (Phi) is 7.89. The summed E-state index contributed by atoms with van der Waals surface area (Å²) in [5.41, 5.74) is 1.25. The molecule has 0 fully saturated rings. The number of Topliss-reactive ketones (excluding diaryl/α,β-unsaturated/α-hetero) is 1. The van der Waals surface area contributed by atoms with Crippen molar-refractivity contribution >= 4 is 29.4 Å². The highest BCUT2D eigenvalue weighted by atomic mass is 32.2. The largest absolute Gasteiger partial charge is 0.356 e. The smallest absolute Gasteiger partial charge is 0.251 e. The molecule has 0 bridgehead atoms. The zero-order chi connectivity index (χ0) is 18.8. The van der Waals surface area contributed by atoms with Gasteiger partial charge in [0.25, 0.3) is 5.91 Å². The third-order valence-corrected chi connectivity index (χ3v) is 4.57. The highest BCUT2D eigenvalue weighted by molar-refractivity contribution is 8.00. The molecule has 0 aliphatic rings. The zero-order valence-corrected chi connectivity index (χ0v) is 15.5. The third-order valence-electron chi connectivity index (χ3n) is 3.57. The fourth-order valence-corrected chi connectivity index (χ4v) is 3.09. The lowest BCUT2D eigenvalue weighted by Crippen LogP contribution is -2.28. The van der Waals surface area contributed by atoms with E-state index >= 15 is 0 Å². The van der Waals surface area contributed by atoms with Gasteiger partial charge in [-0.25, -0.2) is 0 Å². The molecular weight excluding hydrogens is 348 g/mol. The summed E-state index contributed by atoms with van der Waals surface area (Å²) in [5, 5.41) is 5.51. The first-order valence-corrected chi connectivity index (χ1v) is 9.38. The highest BCUT2D eigenvalue weighted by Gasteiger charge is 2.09. The zero-order valence-electron chi connectivity index (χ0n) is 14.7. The van der Waals surface area contributed by atoms with Crippen LogP contribution in [-0.2, 0) is 4.79 Å². The molecule has 2 N–H and O–H groups in total. The van der Waals surface area contributed by atoms with E-state index in [1.54, 1.807) is 24.3 Å². The third kappa shape index (κ3) is 6.72. The van der Waals surface area contributed by atoms with Gasteiger partial charge in [0.2, 0.25) is 5.91 Å². The molecule has 0 aromatic heterocycles. The lowest BCUT2D eigenvalue weighted by molar-refractivity contribution is -0.118. The second-order valence-corrected chi connectivity index (χ2v) is 6.75. The molecule has 2 aromatic rings. The molecule has 6 heteroatoms. The maximum atomic E-state index is 12.2. The number of hydrogen-bond donors (Lipinski definition) is 2.